The predicted molar refractivity (Wildman–Crippen MR) is 85.8 cm³/mol. The second-order valence-corrected chi connectivity index (χ2v) is 6.99. The average molecular weight is 317 g/mol. The van der Waals surface area contributed by atoms with E-state index in [-0.39, 0.29) is 18.3 Å². The van der Waals surface area contributed by atoms with Crippen LogP contribution in [0.5, 0.6) is 0 Å². The van der Waals surface area contributed by atoms with Crippen molar-refractivity contribution in [1.29, 1.82) is 0 Å². The molecular weight excluding hydrogens is 288 g/mol. The minimum Gasteiger partial charge on any atom is -0.368 e. The first-order valence-corrected chi connectivity index (χ1v) is 8.25. The Labute approximate surface area is 134 Å². The lowest BCUT2D eigenvalue weighted by molar-refractivity contribution is -0.157. The van der Waals surface area contributed by atoms with Crippen molar-refractivity contribution in [2.45, 2.75) is 57.0 Å². The van der Waals surface area contributed by atoms with Crippen LogP contribution in [0.15, 0.2) is 0 Å². The third-order valence-electron chi connectivity index (χ3n) is 5.83. The van der Waals surface area contributed by atoms with Gasteiger partial charge in [-0.05, 0) is 50.6 Å². The van der Waals surface area contributed by atoms with Crippen LogP contribution >= 0.6 is 12.4 Å². The van der Waals surface area contributed by atoms with Crippen molar-refractivity contribution < 1.29 is 9.53 Å². The van der Waals surface area contributed by atoms with Crippen molar-refractivity contribution in [1.82, 2.24) is 10.2 Å². The van der Waals surface area contributed by atoms with Crippen LogP contribution in [0, 0.1) is 5.41 Å². The van der Waals surface area contributed by atoms with Gasteiger partial charge in [0, 0.05) is 20.2 Å². The highest BCUT2D eigenvalue weighted by atomic mass is 35.5. The number of nitrogens with zero attached hydrogens (tertiary/aromatic N) is 1. The van der Waals surface area contributed by atoms with E-state index in [9.17, 15) is 4.79 Å². The molecule has 0 aromatic carbocycles. The van der Waals surface area contributed by atoms with Gasteiger partial charge in [0.1, 0.15) is 5.60 Å². The van der Waals surface area contributed by atoms with Crippen molar-refractivity contribution in [3.8, 4) is 0 Å². The third kappa shape index (κ3) is 3.22. The van der Waals surface area contributed by atoms with E-state index in [0.29, 0.717) is 5.41 Å². The predicted octanol–water partition coefficient (Wildman–Crippen LogP) is 2.36. The van der Waals surface area contributed by atoms with E-state index in [1.54, 1.807) is 7.11 Å². The Bertz CT molecular complexity index is 363. The van der Waals surface area contributed by atoms with Gasteiger partial charge < -0.3 is 15.0 Å². The van der Waals surface area contributed by atoms with Crippen LogP contribution in [-0.4, -0.2) is 49.7 Å². The number of hydrogen-bond donors (Lipinski definition) is 1. The zero-order valence-electron chi connectivity index (χ0n) is 13.2. The zero-order chi connectivity index (χ0) is 14.1. The minimum atomic E-state index is -0.550. The van der Waals surface area contributed by atoms with Crippen molar-refractivity contribution in [3.63, 3.8) is 0 Å². The minimum absolute atomic E-state index is 0. The summed E-state index contributed by atoms with van der Waals surface area (Å²) in [6.07, 6.45) is 9.54. The largest absolute Gasteiger partial charge is 0.368 e. The summed E-state index contributed by atoms with van der Waals surface area (Å²) < 4.78 is 5.70. The van der Waals surface area contributed by atoms with Gasteiger partial charge in [-0.1, -0.05) is 19.3 Å². The van der Waals surface area contributed by atoms with Gasteiger partial charge in [-0.3, -0.25) is 4.79 Å². The highest BCUT2D eigenvalue weighted by molar-refractivity contribution is 5.86. The van der Waals surface area contributed by atoms with Crippen LogP contribution in [0.4, 0.5) is 0 Å². The number of methoxy groups -OCH3 is 1. The van der Waals surface area contributed by atoms with E-state index in [1.165, 1.54) is 38.5 Å². The van der Waals surface area contributed by atoms with Crippen LogP contribution in [0.2, 0.25) is 0 Å². The second kappa shape index (κ2) is 6.84. The summed E-state index contributed by atoms with van der Waals surface area (Å²) >= 11 is 0. The summed E-state index contributed by atoms with van der Waals surface area (Å²) in [7, 11) is 1.70. The lowest BCUT2D eigenvalue weighted by Crippen LogP contribution is -2.55. The number of halogens is 1. The standard InChI is InChI=1S/C16H28N2O2.ClH/c1-20-16(7-10-17-11-8-16)14(19)18-12-9-15(13-18)5-3-2-4-6-15;/h17H,2-13H2,1H3;1H. The Morgan fingerprint density at radius 1 is 1.05 bits per heavy atom. The van der Waals surface area contributed by atoms with Gasteiger partial charge in [-0.15, -0.1) is 12.4 Å². The molecule has 122 valence electrons. The zero-order valence-corrected chi connectivity index (χ0v) is 14.0. The molecule has 1 saturated carbocycles. The fourth-order valence-electron chi connectivity index (χ4n) is 4.44. The summed E-state index contributed by atoms with van der Waals surface area (Å²) in [6, 6.07) is 0. The van der Waals surface area contributed by atoms with Gasteiger partial charge in [0.05, 0.1) is 0 Å². The highest BCUT2D eigenvalue weighted by Crippen LogP contribution is 2.44. The normalized spacial score (nSPS) is 27.4. The van der Waals surface area contributed by atoms with E-state index >= 15 is 0 Å². The van der Waals surface area contributed by atoms with Gasteiger partial charge in [-0.25, -0.2) is 0 Å². The SMILES string of the molecule is COC1(C(=O)N2CCC3(CCCCC3)C2)CCNCC1.Cl. The first kappa shape index (κ1) is 17.0. The summed E-state index contributed by atoms with van der Waals surface area (Å²) in [5.74, 6) is 0.254. The second-order valence-electron chi connectivity index (χ2n) is 6.99. The van der Waals surface area contributed by atoms with Gasteiger partial charge in [0.15, 0.2) is 0 Å². The molecule has 0 bridgehead atoms. The van der Waals surface area contributed by atoms with E-state index in [4.69, 9.17) is 4.74 Å². The van der Waals surface area contributed by atoms with Gasteiger partial charge in [0.25, 0.3) is 5.91 Å². The Hall–Kier alpha value is -0.320. The van der Waals surface area contributed by atoms with E-state index in [1.807, 2.05) is 0 Å². The Kier molecular flexibility index (Phi) is 5.55. The van der Waals surface area contributed by atoms with Crippen LogP contribution in [-0.2, 0) is 9.53 Å². The highest BCUT2D eigenvalue weighted by Gasteiger charge is 2.47. The van der Waals surface area contributed by atoms with Gasteiger partial charge in [0.2, 0.25) is 0 Å². The molecule has 5 heteroatoms. The van der Waals surface area contributed by atoms with Crippen LogP contribution < -0.4 is 5.32 Å². The number of hydrogen-bond acceptors (Lipinski definition) is 3. The van der Waals surface area contributed by atoms with Gasteiger partial charge in [-0.2, -0.15) is 0 Å². The Balaban J connectivity index is 0.00000161. The quantitative estimate of drug-likeness (QED) is 0.850. The summed E-state index contributed by atoms with van der Waals surface area (Å²) in [4.78, 5) is 15.1. The number of carbonyl (C=O) groups is 1. The molecule has 1 aliphatic carbocycles. The Morgan fingerprint density at radius 2 is 1.71 bits per heavy atom. The van der Waals surface area contributed by atoms with E-state index in [2.05, 4.69) is 10.2 Å². The lowest BCUT2D eigenvalue weighted by atomic mass is 9.73. The molecule has 3 fully saturated rings. The summed E-state index contributed by atoms with van der Waals surface area (Å²) in [6.45, 7) is 3.69. The molecule has 2 heterocycles. The molecule has 3 rings (SSSR count). The van der Waals surface area contributed by atoms with Crippen LogP contribution in [0.1, 0.15) is 51.4 Å². The number of amides is 1. The average Bonchev–Trinajstić information content (AvgIpc) is 2.91. The first-order chi connectivity index (χ1) is 9.70. The fourth-order valence-corrected chi connectivity index (χ4v) is 4.44. The molecule has 0 aromatic heterocycles. The maximum Gasteiger partial charge on any atom is 0.254 e. The van der Waals surface area contributed by atoms with Crippen molar-refractivity contribution in [2.75, 3.05) is 33.3 Å². The Morgan fingerprint density at radius 3 is 2.33 bits per heavy atom. The molecule has 0 aromatic rings. The van der Waals surface area contributed by atoms with Gasteiger partial charge >= 0.3 is 0 Å². The topological polar surface area (TPSA) is 41.6 Å². The lowest BCUT2D eigenvalue weighted by Gasteiger charge is -2.39. The molecular formula is C16H29ClN2O2. The molecule has 0 unspecified atom stereocenters. The van der Waals surface area contributed by atoms with Crippen molar-refractivity contribution >= 4 is 18.3 Å². The molecule has 3 aliphatic rings. The molecule has 1 amide bonds. The molecule has 0 atom stereocenters. The number of carbonyl (C=O) groups excluding carboxylic acids is 1. The number of likely N-dealkylation sites (tertiary alicyclic amines) is 1. The van der Waals surface area contributed by atoms with Crippen LogP contribution in [0.25, 0.3) is 0 Å². The first-order valence-electron chi connectivity index (χ1n) is 8.25. The number of nitrogens with one attached hydrogen (secondary N) is 1. The van der Waals surface area contributed by atoms with E-state index in [0.717, 1.165) is 39.0 Å². The third-order valence-corrected chi connectivity index (χ3v) is 5.83. The molecule has 1 N–H and O–H groups in total. The number of ether oxygens (including phenoxy) is 1. The molecule has 4 nitrogen and oxygen atoms in total. The van der Waals surface area contributed by atoms with Crippen LogP contribution in [0.3, 0.4) is 0 Å². The molecule has 2 saturated heterocycles. The molecule has 1 spiro atoms. The maximum absolute atomic E-state index is 13.0. The molecule has 2 aliphatic heterocycles. The van der Waals surface area contributed by atoms with Crippen molar-refractivity contribution in [2.24, 2.45) is 5.41 Å². The number of rotatable bonds is 2. The van der Waals surface area contributed by atoms with E-state index < -0.39 is 5.60 Å². The smallest absolute Gasteiger partial charge is 0.254 e. The number of piperidine rings is 1. The molecule has 21 heavy (non-hydrogen) atoms. The summed E-state index contributed by atoms with van der Waals surface area (Å²) in [5.41, 5.74) is -0.110. The fraction of sp³-hybridized carbons (Fsp3) is 0.938. The maximum atomic E-state index is 13.0. The molecule has 0 radical (unpaired) electrons. The van der Waals surface area contributed by atoms with Crippen molar-refractivity contribution in [3.05, 3.63) is 0 Å². The summed E-state index contributed by atoms with van der Waals surface area (Å²) in [5, 5.41) is 3.33. The monoisotopic (exact) mass is 316 g/mol.